The fourth-order valence-corrected chi connectivity index (χ4v) is 2.08. The lowest BCUT2D eigenvalue weighted by atomic mass is 10.2. The second-order valence-corrected chi connectivity index (χ2v) is 4.84. The lowest BCUT2D eigenvalue weighted by molar-refractivity contribution is 0.0945. The molecule has 1 aromatic heterocycles. The van der Waals surface area contributed by atoms with Gasteiger partial charge in [0.1, 0.15) is 11.4 Å². The van der Waals surface area contributed by atoms with E-state index < -0.39 is 0 Å². The molecule has 0 saturated heterocycles. The number of nitrogens with zero attached hydrogens (tertiary/aromatic N) is 1. The molecule has 0 unspecified atom stereocenters. The van der Waals surface area contributed by atoms with Crippen molar-refractivity contribution in [3.05, 3.63) is 53.9 Å². The Morgan fingerprint density at radius 3 is 2.83 bits per heavy atom. The molecule has 122 valence electrons. The zero-order chi connectivity index (χ0) is 16.5. The third-order valence-electron chi connectivity index (χ3n) is 3.26. The number of benzene rings is 1. The van der Waals surface area contributed by atoms with Gasteiger partial charge in [-0.15, -0.1) is 0 Å². The van der Waals surface area contributed by atoms with E-state index in [1.54, 1.807) is 26.5 Å². The molecule has 0 radical (unpaired) electrons. The van der Waals surface area contributed by atoms with Crippen molar-refractivity contribution < 1.29 is 14.3 Å². The number of methoxy groups -OCH3 is 2. The molecule has 0 atom stereocenters. The number of ether oxygens (including phenoxy) is 2. The summed E-state index contributed by atoms with van der Waals surface area (Å²) in [5, 5.41) is 6.02. The van der Waals surface area contributed by atoms with Gasteiger partial charge >= 0.3 is 0 Å². The number of rotatable bonds is 8. The average molecular weight is 315 g/mol. The Kier molecular flexibility index (Phi) is 6.38. The second-order valence-electron chi connectivity index (χ2n) is 4.84. The smallest absolute Gasteiger partial charge is 0.270 e. The monoisotopic (exact) mass is 315 g/mol. The Balaban J connectivity index is 1.96. The van der Waals surface area contributed by atoms with E-state index >= 15 is 0 Å². The third kappa shape index (κ3) is 4.96. The molecular weight excluding hydrogens is 294 g/mol. The Morgan fingerprint density at radius 2 is 2.04 bits per heavy atom. The van der Waals surface area contributed by atoms with E-state index in [2.05, 4.69) is 15.6 Å². The highest BCUT2D eigenvalue weighted by Gasteiger charge is 2.09. The van der Waals surface area contributed by atoms with Crippen molar-refractivity contribution in [2.24, 2.45) is 0 Å². The first-order valence-electron chi connectivity index (χ1n) is 7.33. The first kappa shape index (κ1) is 16.8. The van der Waals surface area contributed by atoms with E-state index in [1.807, 2.05) is 30.3 Å². The lowest BCUT2D eigenvalue weighted by Gasteiger charge is -2.10. The number of hydrogen-bond donors (Lipinski definition) is 2. The van der Waals surface area contributed by atoms with E-state index in [1.165, 1.54) is 0 Å². The highest BCUT2D eigenvalue weighted by atomic mass is 16.5. The Labute approximate surface area is 135 Å². The minimum atomic E-state index is -0.230. The van der Waals surface area contributed by atoms with Crippen LogP contribution in [-0.2, 0) is 11.3 Å². The fourth-order valence-electron chi connectivity index (χ4n) is 2.08. The number of carbonyl (C=O) groups is 1. The summed E-state index contributed by atoms with van der Waals surface area (Å²) in [5.41, 5.74) is 2.11. The van der Waals surface area contributed by atoms with Crippen molar-refractivity contribution in [1.29, 1.82) is 0 Å². The molecular formula is C17H21N3O3. The van der Waals surface area contributed by atoms with Gasteiger partial charge in [-0.1, -0.05) is 18.2 Å². The minimum Gasteiger partial charge on any atom is -0.496 e. The number of para-hydroxylation sites is 1. The molecule has 2 N–H and O–H groups in total. The van der Waals surface area contributed by atoms with E-state index in [0.717, 1.165) is 17.0 Å². The maximum absolute atomic E-state index is 12.2. The van der Waals surface area contributed by atoms with Gasteiger partial charge < -0.3 is 20.1 Å². The average Bonchev–Trinajstić information content (AvgIpc) is 2.60. The van der Waals surface area contributed by atoms with Crippen molar-refractivity contribution >= 4 is 11.6 Å². The summed E-state index contributed by atoms with van der Waals surface area (Å²) in [7, 11) is 3.25. The largest absolute Gasteiger partial charge is 0.496 e. The van der Waals surface area contributed by atoms with Gasteiger partial charge in [0.25, 0.3) is 5.91 Å². The summed E-state index contributed by atoms with van der Waals surface area (Å²) in [6, 6.07) is 11.1. The molecule has 0 bridgehead atoms. The summed E-state index contributed by atoms with van der Waals surface area (Å²) in [5.74, 6) is 0.516. The highest BCUT2D eigenvalue weighted by Crippen LogP contribution is 2.17. The van der Waals surface area contributed by atoms with Crippen LogP contribution in [0, 0.1) is 0 Å². The first-order chi connectivity index (χ1) is 11.2. The van der Waals surface area contributed by atoms with E-state index in [-0.39, 0.29) is 5.91 Å². The molecule has 6 nitrogen and oxygen atoms in total. The quantitative estimate of drug-likeness (QED) is 0.730. The predicted octanol–water partition coefficient (Wildman–Crippen LogP) is 2.08. The van der Waals surface area contributed by atoms with Crippen LogP contribution in [0.15, 0.2) is 42.6 Å². The van der Waals surface area contributed by atoms with Crippen LogP contribution in [0.4, 0.5) is 5.69 Å². The molecule has 0 spiro atoms. The van der Waals surface area contributed by atoms with E-state index in [0.29, 0.717) is 25.4 Å². The summed E-state index contributed by atoms with van der Waals surface area (Å²) in [6.45, 7) is 1.65. The van der Waals surface area contributed by atoms with E-state index in [4.69, 9.17) is 9.47 Å². The number of pyridine rings is 1. The molecule has 1 amide bonds. The molecule has 2 aromatic rings. The summed E-state index contributed by atoms with van der Waals surface area (Å²) in [6.07, 6.45) is 1.60. The van der Waals surface area contributed by atoms with Crippen molar-refractivity contribution in [2.45, 2.75) is 6.54 Å². The maximum Gasteiger partial charge on any atom is 0.270 e. The predicted molar refractivity (Wildman–Crippen MR) is 88.8 cm³/mol. The second kappa shape index (κ2) is 8.75. The molecule has 1 aromatic carbocycles. The van der Waals surface area contributed by atoms with Crippen molar-refractivity contribution in [3.63, 3.8) is 0 Å². The molecule has 0 saturated carbocycles. The summed E-state index contributed by atoms with van der Waals surface area (Å²) in [4.78, 5) is 16.3. The van der Waals surface area contributed by atoms with Gasteiger partial charge in [-0.05, 0) is 18.2 Å². The number of hydrogen-bond acceptors (Lipinski definition) is 5. The first-order valence-corrected chi connectivity index (χ1v) is 7.33. The van der Waals surface area contributed by atoms with Crippen LogP contribution in [0.25, 0.3) is 0 Å². The molecule has 2 rings (SSSR count). The van der Waals surface area contributed by atoms with Crippen LogP contribution in [0.5, 0.6) is 5.75 Å². The van der Waals surface area contributed by atoms with Crippen molar-refractivity contribution in [2.75, 3.05) is 32.7 Å². The zero-order valence-electron chi connectivity index (χ0n) is 13.3. The summed E-state index contributed by atoms with van der Waals surface area (Å²) < 4.78 is 10.2. The number of carbonyl (C=O) groups excluding carboxylic acids is 1. The van der Waals surface area contributed by atoms with E-state index in [9.17, 15) is 4.79 Å². The van der Waals surface area contributed by atoms with Crippen LogP contribution in [0.1, 0.15) is 16.1 Å². The Bertz CT molecular complexity index is 646. The molecule has 0 aliphatic rings. The number of nitrogens with one attached hydrogen (secondary N) is 2. The fraction of sp³-hybridized carbons (Fsp3) is 0.294. The van der Waals surface area contributed by atoms with Gasteiger partial charge in [0.05, 0.1) is 13.7 Å². The normalized spacial score (nSPS) is 10.2. The van der Waals surface area contributed by atoms with Crippen LogP contribution in [-0.4, -0.2) is 38.3 Å². The Morgan fingerprint density at radius 1 is 1.22 bits per heavy atom. The van der Waals surface area contributed by atoms with Gasteiger partial charge in [0, 0.05) is 37.6 Å². The van der Waals surface area contributed by atoms with Gasteiger partial charge in [0.2, 0.25) is 0 Å². The molecule has 23 heavy (non-hydrogen) atoms. The van der Waals surface area contributed by atoms with Gasteiger partial charge in [-0.2, -0.15) is 0 Å². The molecule has 1 heterocycles. The van der Waals surface area contributed by atoms with Crippen LogP contribution in [0.3, 0.4) is 0 Å². The molecule has 6 heteroatoms. The maximum atomic E-state index is 12.2. The lowest BCUT2D eigenvalue weighted by Crippen LogP contribution is -2.24. The van der Waals surface area contributed by atoms with Crippen LogP contribution < -0.4 is 15.4 Å². The third-order valence-corrected chi connectivity index (χ3v) is 3.26. The number of aromatic nitrogens is 1. The van der Waals surface area contributed by atoms with Crippen molar-refractivity contribution in [3.8, 4) is 5.75 Å². The SMILES string of the molecule is COCCNc1ccnc(C(=O)NCc2ccccc2OC)c1. The Hall–Kier alpha value is -2.60. The van der Waals surface area contributed by atoms with Crippen LogP contribution in [0.2, 0.25) is 0 Å². The number of amides is 1. The van der Waals surface area contributed by atoms with Gasteiger partial charge in [0.15, 0.2) is 0 Å². The number of anilines is 1. The molecule has 0 aliphatic heterocycles. The molecule has 0 fully saturated rings. The van der Waals surface area contributed by atoms with Gasteiger partial charge in [-0.25, -0.2) is 0 Å². The van der Waals surface area contributed by atoms with Crippen LogP contribution >= 0.6 is 0 Å². The molecule has 0 aliphatic carbocycles. The van der Waals surface area contributed by atoms with Crippen molar-refractivity contribution in [1.82, 2.24) is 10.3 Å². The highest BCUT2D eigenvalue weighted by molar-refractivity contribution is 5.93. The standard InChI is InChI=1S/C17H21N3O3/c1-22-10-9-18-14-7-8-19-15(11-14)17(21)20-12-13-5-3-4-6-16(13)23-2/h3-8,11H,9-10,12H2,1-2H3,(H,18,19)(H,20,21). The topological polar surface area (TPSA) is 72.5 Å². The zero-order valence-corrected chi connectivity index (χ0v) is 13.3. The van der Waals surface area contributed by atoms with Gasteiger partial charge in [-0.3, -0.25) is 9.78 Å². The minimum absolute atomic E-state index is 0.230. The summed E-state index contributed by atoms with van der Waals surface area (Å²) >= 11 is 0.